The first-order chi connectivity index (χ1) is 9.05. The Morgan fingerprint density at radius 1 is 1.10 bits per heavy atom. The molecule has 20 heavy (non-hydrogen) atoms. The lowest BCUT2D eigenvalue weighted by molar-refractivity contribution is -0.140. The third-order valence-electron chi connectivity index (χ3n) is 1.96. The molecule has 8 nitrogen and oxygen atoms in total. The molecule has 0 fully saturated rings. The lowest BCUT2D eigenvalue weighted by atomic mass is 10.2. The van der Waals surface area contributed by atoms with Gasteiger partial charge in [0, 0.05) is 6.42 Å². The number of carboxylic acids is 2. The number of carboxylic acid groups (broad SMARTS) is 2. The van der Waals surface area contributed by atoms with Gasteiger partial charge in [-0.1, -0.05) is 0 Å². The molecule has 0 saturated heterocycles. The zero-order chi connectivity index (χ0) is 15.9. The van der Waals surface area contributed by atoms with Crippen molar-refractivity contribution < 1.29 is 33.4 Å². The van der Waals surface area contributed by atoms with Crippen LogP contribution in [0.25, 0.3) is 0 Å². The van der Waals surface area contributed by atoms with Crippen LogP contribution in [0.2, 0.25) is 0 Å². The van der Waals surface area contributed by atoms with Gasteiger partial charge >= 0.3 is 19.7 Å². The highest BCUT2D eigenvalue weighted by atomic mass is 31.2. The summed E-state index contributed by atoms with van der Waals surface area (Å²) >= 11 is 0. The van der Waals surface area contributed by atoms with Crippen molar-refractivity contribution in [3.8, 4) is 0 Å². The molecule has 0 aliphatic carbocycles. The second kappa shape index (κ2) is 8.36. The monoisotopic (exact) mass is 311 g/mol. The molecule has 0 aromatic heterocycles. The zero-order valence-corrected chi connectivity index (χ0v) is 12.9. The van der Waals surface area contributed by atoms with Gasteiger partial charge in [0.25, 0.3) is 0 Å². The van der Waals surface area contributed by atoms with Crippen LogP contribution in [-0.4, -0.2) is 40.4 Å². The summed E-state index contributed by atoms with van der Waals surface area (Å²) in [6.45, 7) is 6.52. The molecule has 0 rings (SSSR count). The number of aliphatic carboxylic acids is 2. The highest BCUT2D eigenvalue weighted by molar-refractivity contribution is 7.51. The minimum absolute atomic E-state index is 0.225. The van der Waals surface area contributed by atoms with Crippen LogP contribution >= 0.6 is 7.75 Å². The molecule has 3 N–H and O–H groups in total. The van der Waals surface area contributed by atoms with E-state index < -0.39 is 37.9 Å². The predicted molar refractivity (Wildman–Crippen MR) is 71.5 cm³/mol. The average Bonchev–Trinajstić information content (AvgIpc) is 2.20. The maximum absolute atomic E-state index is 12.4. The minimum Gasteiger partial charge on any atom is -0.481 e. The van der Waals surface area contributed by atoms with E-state index in [4.69, 9.17) is 19.3 Å². The van der Waals surface area contributed by atoms with Crippen molar-refractivity contribution >= 4 is 19.7 Å². The molecule has 118 valence electrons. The van der Waals surface area contributed by atoms with Gasteiger partial charge in [-0.3, -0.25) is 18.6 Å². The molecule has 0 unspecified atom stereocenters. The van der Waals surface area contributed by atoms with E-state index in [0.717, 1.165) is 0 Å². The largest absolute Gasteiger partial charge is 0.481 e. The summed E-state index contributed by atoms with van der Waals surface area (Å²) in [5.41, 5.74) is 0. The molecule has 0 aliphatic heterocycles. The van der Waals surface area contributed by atoms with Crippen molar-refractivity contribution in [3.63, 3.8) is 0 Å². The Kier molecular flexibility index (Phi) is 7.96. The van der Waals surface area contributed by atoms with E-state index >= 15 is 0 Å². The second-order valence-electron chi connectivity index (χ2n) is 4.76. The maximum atomic E-state index is 12.4. The van der Waals surface area contributed by atoms with Crippen LogP contribution in [-0.2, 0) is 23.2 Å². The number of hydrogen-bond acceptors (Lipinski definition) is 5. The van der Waals surface area contributed by atoms with Crippen LogP contribution in [0.3, 0.4) is 0 Å². The molecule has 0 spiro atoms. The minimum atomic E-state index is -3.83. The fourth-order valence-corrected chi connectivity index (χ4v) is 3.25. The molecular formula is C11H22NO7P. The smallest absolute Gasteiger partial charge is 0.406 e. The van der Waals surface area contributed by atoms with Crippen LogP contribution in [0, 0.1) is 0 Å². The second-order valence-corrected chi connectivity index (χ2v) is 6.43. The summed E-state index contributed by atoms with van der Waals surface area (Å²) in [4.78, 5) is 21.6. The molecule has 0 amide bonds. The van der Waals surface area contributed by atoms with Crippen molar-refractivity contribution in [2.75, 3.05) is 0 Å². The van der Waals surface area contributed by atoms with Crippen LogP contribution < -0.4 is 5.09 Å². The standard InChI is InChI=1S/C11H22NO7P/c1-7(2)18-20(17,19-8(3)4)12-9(11(15)16)5-6-10(13)14/h7-9H,5-6H2,1-4H3,(H,12,17)(H,13,14)(H,15,16)/t9-/m0/s1. The van der Waals surface area contributed by atoms with Crippen molar-refractivity contribution in [1.29, 1.82) is 0 Å². The Labute approximate surface area is 118 Å². The van der Waals surface area contributed by atoms with Gasteiger partial charge in [0.15, 0.2) is 0 Å². The SMILES string of the molecule is CC(C)OP(=O)(N[C@@H](CCC(=O)O)C(=O)O)OC(C)C. The summed E-state index contributed by atoms with van der Waals surface area (Å²) < 4.78 is 22.7. The third kappa shape index (κ3) is 8.27. The van der Waals surface area contributed by atoms with Crippen molar-refractivity contribution in [2.24, 2.45) is 0 Å². The predicted octanol–water partition coefficient (Wildman–Crippen LogP) is 1.85. The Bertz CT molecular complexity index is 369. The Morgan fingerprint density at radius 2 is 1.55 bits per heavy atom. The molecule has 0 saturated carbocycles. The number of carbonyl (C=O) groups is 2. The summed E-state index contributed by atoms with van der Waals surface area (Å²) in [5.74, 6) is -2.45. The van der Waals surface area contributed by atoms with Crippen molar-refractivity contribution in [2.45, 2.75) is 58.8 Å². The maximum Gasteiger partial charge on any atom is 0.406 e. The van der Waals surface area contributed by atoms with Gasteiger partial charge in [-0.2, -0.15) is 0 Å². The molecule has 0 aromatic rings. The fraction of sp³-hybridized carbons (Fsp3) is 0.818. The normalized spacial score (nSPS) is 13.7. The van der Waals surface area contributed by atoms with E-state index in [2.05, 4.69) is 5.09 Å². The highest BCUT2D eigenvalue weighted by Crippen LogP contribution is 2.47. The zero-order valence-electron chi connectivity index (χ0n) is 12.0. The van der Waals surface area contributed by atoms with E-state index in [9.17, 15) is 14.2 Å². The Morgan fingerprint density at radius 3 is 1.85 bits per heavy atom. The van der Waals surface area contributed by atoms with Gasteiger partial charge in [-0.25, -0.2) is 9.65 Å². The fourth-order valence-electron chi connectivity index (χ4n) is 1.34. The summed E-state index contributed by atoms with van der Waals surface area (Å²) in [6.07, 6.45) is -1.48. The van der Waals surface area contributed by atoms with E-state index in [1.807, 2.05) is 0 Å². The molecular weight excluding hydrogens is 289 g/mol. The van der Waals surface area contributed by atoms with E-state index in [1.54, 1.807) is 27.7 Å². The van der Waals surface area contributed by atoms with Crippen molar-refractivity contribution in [1.82, 2.24) is 5.09 Å². The quantitative estimate of drug-likeness (QED) is 0.522. The molecule has 0 aliphatic rings. The molecule has 0 aromatic carbocycles. The lowest BCUT2D eigenvalue weighted by Gasteiger charge is -2.25. The number of rotatable bonds is 10. The van der Waals surface area contributed by atoms with E-state index in [-0.39, 0.29) is 12.8 Å². The van der Waals surface area contributed by atoms with Gasteiger partial charge in [-0.05, 0) is 34.1 Å². The topological polar surface area (TPSA) is 122 Å². The molecule has 1 atom stereocenters. The first-order valence-electron chi connectivity index (χ1n) is 6.25. The van der Waals surface area contributed by atoms with Gasteiger partial charge < -0.3 is 10.2 Å². The van der Waals surface area contributed by atoms with Crippen LogP contribution in [0.15, 0.2) is 0 Å². The van der Waals surface area contributed by atoms with Crippen LogP contribution in [0.4, 0.5) is 0 Å². The van der Waals surface area contributed by atoms with Crippen LogP contribution in [0.5, 0.6) is 0 Å². The Balaban J connectivity index is 4.92. The van der Waals surface area contributed by atoms with Crippen LogP contribution in [0.1, 0.15) is 40.5 Å². The number of nitrogens with one attached hydrogen (secondary N) is 1. The van der Waals surface area contributed by atoms with Gasteiger partial charge in [-0.15, -0.1) is 0 Å². The molecule has 9 heteroatoms. The average molecular weight is 311 g/mol. The summed E-state index contributed by atoms with van der Waals surface area (Å²) in [6, 6.07) is -1.32. The van der Waals surface area contributed by atoms with Crippen molar-refractivity contribution in [3.05, 3.63) is 0 Å². The summed E-state index contributed by atoms with van der Waals surface area (Å²) in [7, 11) is -3.83. The molecule has 0 heterocycles. The number of hydrogen-bond donors (Lipinski definition) is 3. The van der Waals surface area contributed by atoms with Gasteiger partial charge in [0.05, 0.1) is 12.2 Å². The van der Waals surface area contributed by atoms with E-state index in [1.165, 1.54) is 0 Å². The molecule has 0 radical (unpaired) electrons. The lowest BCUT2D eigenvalue weighted by Crippen LogP contribution is -2.37. The molecule has 0 bridgehead atoms. The van der Waals surface area contributed by atoms with E-state index in [0.29, 0.717) is 0 Å². The summed E-state index contributed by atoms with van der Waals surface area (Å²) in [5, 5.41) is 19.9. The first kappa shape index (κ1) is 19.1. The highest BCUT2D eigenvalue weighted by Gasteiger charge is 2.34. The van der Waals surface area contributed by atoms with Gasteiger partial charge in [0.2, 0.25) is 0 Å². The Hall–Kier alpha value is -0.950. The third-order valence-corrected chi connectivity index (χ3v) is 3.98. The first-order valence-corrected chi connectivity index (χ1v) is 7.79. The van der Waals surface area contributed by atoms with Gasteiger partial charge in [0.1, 0.15) is 6.04 Å².